The molecule has 0 heterocycles. The van der Waals surface area contributed by atoms with Gasteiger partial charge in [-0.05, 0) is 130 Å². The van der Waals surface area contributed by atoms with Gasteiger partial charge in [-0.25, -0.2) is 0 Å². The maximum atomic E-state index is 2.53. The summed E-state index contributed by atoms with van der Waals surface area (Å²) in [6.07, 6.45) is 7.12. The van der Waals surface area contributed by atoms with Crippen molar-refractivity contribution < 1.29 is 0 Å². The monoisotopic (exact) mass is 652 g/mol. The van der Waals surface area contributed by atoms with E-state index in [0.717, 1.165) is 47.0 Å². The van der Waals surface area contributed by atoms with Gasteiger partial charge >= 0.3 is 0 Å². The van der Waals surface area contributed by atoms with Crippen molar-refractivity contribution in [1.29, 1.82) is 0 Å². The van der Waals surface area contributed by atoms with Gasteiger partial charge in [0.1, 0.15) is 0 Å². The van der Waals surface area contributed by atoms with Gasteiger partial charge in [0.15, 0.2) is 0 Å². The number of nitrogens with zero attached hydrogens (tertiary/aromatic N) is 2. The molecule has 1 spiro atoms. The third kappa shape index (κ3) is 4.50. The van der Waals surface area contributed by atoms with Crippen molar-refractivity contribution in [2.24, 2.45) is 0 Å². The first kappa shape index (κ1) is 29.5. The second-order valence-corrected chi connectivity index (χ2v) is 13.6. The average molecular weight is 653 g/mol. The molecule has 2 heteroatoms. The van der Waals surface area contributed by atoms with Gasteiger partial charge < -0.3 is 9.80 Å². The van der Waals surface area contributed by atoms with Crippen LogP contribution in [0.25, 0.3) is 16.7 Å². The Hall–Kier alpha value is -6.38. The van der Waals surface area contributed by atoms with E-state index in [0.29, 0.717) is 0 Å². The van der Waals surface area contributed by atoms with Crippen LogP contribution in [0, 0.1) is 0 Å². The number of hydrogen-bond donors (Lipinski definition) is 0. The van der Waals surface area contributed by atoms with Crippen LogP contribution in [-0.4, -0.2) is 0 Å². The van der Waals surface area contributed by atoms with Crippen LogP contribution >= 0.6 is 0 Å². The molecule has 0 N–H and O–H groups in total. The third-order valence-electron chi connectivity index (χ3n) is 10.9. The Balaban J connectivity index is 1.25. The lowest BCUT2D eigenvalue weighted by molar-refractivity contribution is 0.782. The summed E-state index contributed by atoms with van der Waals surface area (Å²) >= 11 is 0. The van der Waals surface area contributed by atoms with Gasteiger partial charge in [0.05, 0.1) is 5.41 Å². The molecular formula is C49H36N2. The van der Waals surface area contributed by atoms with Crippen molar-refractivity contribution in [2.45, 2.75) is 18.3 Å². The minimum Gasteiger partial charge on any atom is -0.310 e. The average Bonchev–Trinajstić information content (AvgIpc) is 3.67. The molecule has 0 saturated carbocycles. The smallest absolute Gasteiger partial charge is 0.0723 e. The van der Waals surface area contributed by atoms with E-state index in [9.17, 15) is 0 Å². The number of rotatable bonds is 6. The van der Waals surface area contributed by atoms with E-state index in [-0.39, 0.29) is 0 Å². The Morgan fingerprint density at radius 3 is 1.27 bits per heavy atom. The quantitative estimate of drug-likeness (QED) is 0.176. The van der Waals surface area contributed by atoms with Crippen LogP contribution < -0.4 is 9.80 Å². The first-order valence-electron chi connectivity index (χ1n) is 17.9. The highest BCUT2D eigenvalue weighted by atomic mass is 15.1. The molecule has 242 valence electrons. The molecule has 0 aromatic heterocycles. The Bertz CT molecular complexity index is 2390. The molecule has 51 heavy (non-hydrogen) atoms. The standard InChI is InChI=1S/C49H36N2/c1-5-17-35(18-6-1)50(36-19-7-2-8-20-36)39-29-31-43-41-25-13-15-27-45(41)49(47(43)33-39)46-28-16-14-26-42(46)44-32-30-40(34-48(44)49)51(37-21-9-3-10-22-37)38-23-11-4-12-24-38/h1-13,15,17-34H,14,16H2. The maximum absolute atomic E-state index is 2.53. The Labute approximate surface area is 299 Å². The molecule has 0 amide bonds. The zero-order valence-electron chi connectivity index (χ0n) is 28.3. The molecule has 3 aliphatic rings. The van der Waals surface area contributed by atoms with Gasteiger partial charge in [0.2, 0.25) is 0 Å². The number of fused-ring (bicyclic) bond motifs is 10. The summed E-state index contributed by atoms with van der Waals surface area (Å²) < 4.78 is 0. The van der Waals surface area contributed by atoms with Crippen LogP contribution in [-0.2, 0) is 5.41 Å². The van der Waals surface area contributed by atoms with Crippen molar-refractivity contribution in [2.75, 3.05) is 9.80 Å². The summed E-state index contributed by atoms with van der Waals surface area (Å²) in [6, 6.07) is 66.4. The third-order valence-corrected chi connectivity index (χ3v) is 10.9. The maximum Gasteiger partial charge on any atom is 0.0723 e. The fourth-order valence-corrected chi connectivity index (χ4v) is 8.84. The van der Waals surface area contributed by atoms with Crippen molar-refractivity contribution in [3.63, 3.8) is 0 Å². The molecule has 0 saturated heterocycles. The largest absolute Gasteiger partial charge is 0.310 e. The summed E-state index contributed by atoms with van der Waals surface area (Å²) in [6.45, 7) is 0. The molecule has 0 fully saturated rings. The van der Waals surface area contributed by atoms with Crippen LogP contribution in [0.1, 0.15) is 35.1 Å². The molecule has 1 atom stereocenters. The van der Waals surface area contributed by atoms with Crippen LogP contribution in [0.4, 0.5) is 34.1 Å². The van der Waals surface area contributed by atoms with E-state index in [1.54, 1.807) is 0 Å². The topological polar surface area (TPSA) is 6.48 Å². The highest BCUT2D eigenvalue weighted by molar-refractivity contribution is 6.02. The number of benzene rings is 7. The van der Waals surface area contributed by atoms with Gasteiger partial charge in [0.25, 0.3) is 0 Å². The summed E-state index contributed by atoms with van der Waals surface area (Å²) in [5, 5.41) is 0. The van der Waals surface area contributed by atoms with E-state index in [1.807, 2.05) is 0 Å². The SMILES string of the molecule is C1=C2C(=CCC1)C1(c3cc(N(c4ccccc4)c4ccccc4)ccc32)c2ccccc2-c2ccc(N(c3ccccc3)c3ccccc3)cc21. The summed E-state index contributed by atoms with van der Waals surface area (Å²) in [5.41, 5.74) is 17.2. The first-order valence-corrected chi connectivity index (χ1v) is 17.9. The molecule has 7 aromatic rings. The fraction of sp³-hybridized carbons (Fsp3) is 0.0612. The van der Waals surface area contributed by atoms with Gasteiger partial charge in [-0.3, -0.25) is 0 Å². The van der Waals surface area contributed by atoms with Gasteiger partial charge in [-0.15, -0.1) is 0 Å². The van der Waals surface area contributed by atoms with Crippen LogP contribution in [0.3, 0.4) is 0 Å². The lowest BCUT2D eigenvalue weighted by Crippen LogP contribution is -2.27. The highest BCUT2D eigenvalue weighted by Crippen LogP contribution is 2.65. The van der Waals surface area contributed by atoms with E-state index in [2.05, 4.69) is 204 Å². The number of allylic oxidation sites excluding steroid dienone is 4. The van der Waals surface area contributed by atoms with Crippen molar-refractivity contribution in [3.05, 3.63) is 222 Å². The van der Waals surface area contributed by atoms with Gasteiger partial charge in [-0.2, -0.15) is 0 Å². The van der Waals surface area contributed by atoms with E-state index < -0.39 is 5.41 Å². The lowest BCUT2D eigenvalue weighted by Gasteiger charge is -2.34. The van der Waals surface area contributed by atoms with Crippen LogP contribution in [0.15, 0.2) is 200 Å². The van der Waals surface area contributed by atoms with Crippen LogP contribution in [0.2, 0.25) is 0 Å². The first-order chi connectivity index (χ1) is 25.3. The minimum atomic E-state index is -0.447. The van der Waals surface area contributed by atoms with Gasteiger partial charge in [0, 0.05) is 34.1 Å². The summed E-state index contributed by atoms with van der Waals surface area (Å²) in [5.74, 6) is 0. The number of hydrogen-bond acceptors (Lipinski definition) is 2. The molecule has 2 nitrogen and oxygen atoms in total. The number of anilines is 6. The predicted molar refractivity (Wildman–Crippen MR) is 213 cm³/mol. The van der Waals surface area contributed by atoms with E-state index >= 15 is 0 Å². The molecule has 0 aliphatic heterocycles. The number of para-hydroxylation sites is 4. The zero-order chi connectivity index (χ0) is 33.8. The highest BCUT2D eigenvalue weighted by Gasteiger charge is 2.54. The fourth-order valence-electron chi connectivity index (χ4n) is 8.84. The van der Waals surface area contributed by atoms with Crippen molar-refractivity contribution in [1.82, 2.24) is 0 Å². The van der Waals surface area contributed by atoms with Crippen molar-refractivity contribution >= 4 is 39.7 Å². The summed E-state index contributed by atoms with van der Waals surface area (Å²) in [7, 11) is 0. The second-order valence-electron chi connectivity index (χ2n) is 13.6. The second kappa shape index (κ2) is 11.9. The molecule has 10 rings (SSSR count). The Kier molecular flexibility index (Phi) is 6.89. The molecule has 1 unspecified atom stereocenters. The molecule has 0 bridgehead atoms. The zero-order valence-corrected chi connectivity index (χ0v) is 28.3. The van der Waals surface area contributed by atoms with Gasteiger partial charge in [-0.1, -0.05) is 121 Å². The normalized spacial score (nSPS) is 16.4. The minimum absolute atomic E-state index is 0.447. The molecule has 0 radical (unpaired) electrons. The lowest BCUT2D eigenvalue weighted by atomic mass is 9.69. The summed E-state index contributed by atoms with van der Waals surface area (Å²) in [4.78, 5) is 4.78. The predicted octanol–water partition coefficient (Wildman–Crippen LogP) is 13.1. The molecule has 7 aromatic carbocycles. The molecule has 3 aliphatic carbocycles. The van der Waals surface area contributed by atoms with E-state index in [1.165, 1.54) is 44.5 Å². The van der Waals surface area contributed by atoms with Crippen molar-refractivity contribution in [3.8, 4) is 11.1 Å². The Morgan fingerprint density at radius 1 is 0.333 bits per heavy atom. The Morgan fingerprint density at radius 2 is 0.745 bits per heavy atom. The van der Waals surface area contributed by atoms with Crippen LogP contribution in [0.5, 0.6) is 0 Å². The molecular weight excluding hydrogens is 617 g/mol. The van der Waals surface area contributed by atoms with E-state index in [4.69, 9.17) is 0 Å².